The van der Waals surface area contributed by atoms with E-state index in [2.05, 4.69) is 72.4 Å². The first-order valence-corrected chi connectivity index (χ1v) is 17.4. The summed E-state index contributed by atoms with van der Waals surface area (Å²) < 4.78 is 12.1. The van der Waals surface area contributed by atoms with Crippen LogP contribution in [0, 0.1) is 5.92 Å². The molecule has 0 aromatic heterocycles. The molecular weight excluding hydrogens is 592 g/mol. The standard InChI is InChI=1S/C39H56N2O6/c1-28-20-22-39(23-21-28,46-40-35(2,3)24-31(25-36(40,4)5)44-33(42)29-16-12-10-13-17-29)47-41-37(6,7)26-32(27-38(41,8)9)45-34(43)30-18-14-11-15-19-30/h10-19,28,31-32H,20-27H2,1-9H3. The lowest BCUT2D eigenvalue weighted by Gasteiger charge is -2.59. The molecule has 0 radical (unpaired) electrons. The molecule has 3 fully saturated rings. The molecule has 1 saturated carbocycles. The first kappa shape index (κ1) is 35.5. The predicted octanol–water partition coefficient (Wildman–Crippen LogP) is 8.51. The molecule has 2 aromatic carbocycles. The third-order valence-electron chi connectivity index (χ3n) is 10.2. The molecule has 1 aliphatic carbocycles. The Bertz CT molecular complexity index is 1250. The molecule has 2 saturated heterocycles. The molecule has 47 heavy (non-hydrogen) atoms. The highest BCUT2D eigenvalue weighted by molar-refractivity contribution is 5.89. The number of esters is 2. The summed E-state index contributed by atoms with van der Waals surface area (Å²) in [6.45, 7) is 19.6. The molecule has 3 aliphatic rings. The molecule has 0 spiro atoms. The van der Waals surface area contributed by atoms with Crippen LogP contribution in [0.25, 0.3) is 0 Å². The molecule has 8 nitrogen and oxygen atoms in total. The number of rotatable bonds is 8. The van der Waals surface area contributed by atoms with Gasteiger partial charge in [0.15, 0.2) is 0 Å². The van der Waals surface area contributed by atoms with E-state index < -0.39 is 27.9 Å². The van der Waals surface area contributed by atoms with Crippen molar-refractivity contribution in [1.82, 2.24) is 10.1 Å². The lowest BCUT2D eigenvalue weighted by molar-refractivity contribution is -0.478. The molecule has 0 atom stereocenters. The van der Waals surface area contributed by atoms with Gasteiger partial charge in [0.25, 0.3) is 0 Å². The Hall–Kier alpha value is -2.78. The first-order valence-electron chi connectivity index (χ1n) is 17.4. The van der Waals surface area contributed by atoms with Gasteiger partial charge in [0, 0.05) is 60.7 Å². The van der Waals surface area contributed by atoms with Crippen molar-refractivity contribution in [3.05, 3.63) is 71.8 Å². The van der Waals surface area contributed by atoms with Crippen LogP contribution in [-0.2, 0) is 19.1 Å². The molecule has 5 rings (SSSR count). The highest BCUT2D eigenvalue weighted by Crippen LogP contribution is 2.48. The van der Waals surface area contributed by atoms with Gasteiger partial charge in [-0.05, 0) is 98.4 Å². The van der Waals surface area contributed by atoms with Crippen molar-refractivity contribution in [3.8, 4) is 0 Å². The first-order chi connectivity index (χ1) is 21.9. The maximum Gasteiger partial charge on any atom is 0.338 e. The maximum atomic E-state index is 13.0. The summed E-state index contributed by atoms with van der Waals surface area (Å²) in [6, 6.07) is 18.4. The lowest BCUT2D eigenvalue weighted by Crippen LogP contribution is -2.68. The van der Waals surface area contributed by atoms with E-state index in [9.17, 15) is 9.59 Å². The van der Waals surface area contributed by atoms with Crippen molar-refractivity contribution in [1.29, 1.82) is 0 Å². The van der Waals surface area contributed by atoms with E-state index in [4.69, 9.17) is 19.1 Å². The zero-order chi connectivity index (χ0) is 34.3. The van der Waals surface area contributed by atoms with Gasteiger partial charge in [0.1, 0.15) is 12.2 Å². The number of carbonyl (C=O) groups is 2. The minimum absolute atomic E-state index is 0.244. The second kappa shape index (κ2) is 13.3. The normalized spacial score (nSPS) is 24.8. The van der Waals surface area contributed by atoms with Gasteiger partial charge < -0.3 is 9.47 Å². The number of nitrogens with zero attached hydrogens (tertiary/aromatic N) is 2. The molecule has 8 heteroatoms. The summed E-state index contributed by atoms with van der Waals surface area (Å²) in [7, 11) is 0. The van der Waals surface area contributed by atoms with Crippen molar-refractivity contribution >= 4 is 11.9 Å². The van der Waals surface area contributed by atoms with Crippen molar-refractivity contribution in [2.45, 2.75) is 154 Å². The van der Waals surface area contributed by atoms with E-state index in [0.29, 0.717) is 42.7 Å². The van der Waals surface area contributed by atoms with Gasteiger partial charge in [-0.15, -0.1) is 0 Å². The monoisotopic (exact) mass is 648 g/mol. The summed E-state index contributed by atoms with van der Waals surface area (Å²) in [5, 5.41) is 4.27. The zero-order valence-corrected chi connectivity index (χ0v) is 30.0. The van der Waals surface area contributed by atoms with Crippen LogP contribution in [0.3, 0.4) is 0 Å². The van der Waals surface area contributed by atoms with E-state index >= 15 is 0 Å². The molecule has 2 heterocycles. The van der Waals surface area contributed by atoms with Crippen LogP contribution in [0.4, 0.5) is 0 Å². The minimum Gasteiger partial charge on any atom is -0.459 e. The van der Waals surface area contributed by atoms with Crippen LogP contribution in [-0.4, -0.2) is 62.2 Å². The average molecular weight is 649 g/mol. The van der Waals surface area contributed by atoms with Crippen LogP contribution in [0.2, 0.25) is 0 Å². The predicted molar refractivity (Wildman–Crippen MR) is 182 cm³/mol. The number of hydrogen-bond acceptors (Lipinski definition) is 8. The summed E-state index contributed by atoms with van der Waals surface area (Å²) >= 11 is 0. The van der Waals surface area contributed by atoms with E-state index in [1.165, 1.54) is 0 Å². The Labute approximate surface area is 282 Å². The Morgan fingerprint density at radius 3 is 1.21 bits per heavy atom. The zero-order valence-electron chi connectivity index (χ0n) is 30.0. The van der Waals surface area contributed by atoms with E-state index in [0.717, 1.165) is 25.7 Å². The summed E-state index contributed by atoms with van der Waals surface area (Å²) in [5.41, 5.74) is -0.624. The van der Waals surface area contributed by atoms with Crippen LogP contribution in [0.1, 0.15) is 134 Å². The third-order valence-corrected chi connectivity index (χ3v) is 10.2. The summed E-state index contributed by atoms with van der Waals surface area (Å²) in [5.74, 6) is -0.861. The number of hydroxylamine groups is 4. The fourth-order valence-electron chi connectivity index (χ4n) is 8.33. The summed E-state index contributed by atoms with van der Waals surface area (Å²) in [4.78, 5) is 40.4. The fraction of sp³-hybridized carbons (Fsp3) is 0.641. The molecule has 2 aromatic rings. The van der Waals surface area contributed by atoms with Crippen molar-refractivity contribution in [3.63, 3.8) is 0 Å². The Kier molecular flexibility index (Phi) is 10.0. The molecular formula is C39H56N2O6. The van der Waals surface area contributed by atoms with Crippen LogP contribution in [0.5, 0.6) is 0 Å². The largest absolute Gasteiger partial charge is 0.459 e. The molecule has 2 aliphatic heterocycles. The van der Waals surface area contributed by atoms with Gasteiger partial charge in [0.2, 0.25) is 5.79 Å². The smallest absolute Gasteiger partial charge is 0.338 e. The number of hydrogen-bond donors (Lipinski definition) is 0. The van der Waals surface area contributed by atoms with Crippen molar-refractivity contribution < 1.29 is 28.7 Å². The molecule has 0 N–H and O–H groups in total. The van der Waals surface area contributed by atoms with Gasteiger partial charge in [-0.2, -0.15) is 10.1 Å². The SMILES string of the molecule is CC1CCC(ON2C(C)(C)CC(OC(=O)c3ccccc3)CC2(C)C)(ON2C(C)(C)CC(OC(=O)c3ccccc3)CC2(C)C)CC1. The van der Waals surface area contributed by atoms with Crippen LogP contribution >= 0.6 is 0 Å². The minimum atomic E-state index is -0.864. The number of benzene rings is 2. The molecule has 258 valence electrons. The quantitative estimate of drug-likeness (QED) is 0.208. The maximum absolute atomic E-state index is 13.0. The Morgan fingerprint density at radius 2 is 0.894 bits per heavy atom. The molecule has 0 unspecified atom stereocenters. The van der Waals surface area contributed by atoms with Crippen molar-refractivity contribution in [2.24, 2.45) is 5.92 Å². The topological polar surface area (TPSA) is 77.5 Å². The van der Waals surface area contributed by atoms with Crippen molar-refractivity contribution in [2.75, 3.05) is 0 Å². The third kappa shape index (κ3) is 8.10. The second-order valence-electron chi connectivity index (χ2n) is 16.7. The van der Waals surface area contributed by atoms with Gasteiger partial charge in [-0.25, -0.2) is 9.59 Å². The summed E-state index contributed by atoms with van der Waals surface area (Å²) in [6.07, 6.45) is 5.57. The molecule has 0 bridgehead atoms. The number of carbonyl (C=O) groups excluding carboxylic acids is 2. The second-order valence-corrected chi connectivity index (χ2v) is 16.7. The average Bonchev–Trinajstić information content (AvgIpc) is 2.98. The van der Waals surface area contributed by atoms with Gasteiger partial charge in [-0.1, -0.05) is 43.3 Å². The van der Waals surface area contributed by atoms with E-state index in [1.807, 2.05) is 36.4 Å². The van der Waals surface area contributed by atoms with Gasteiger partial charge >= 0.3 is 11.9 Å². The van der Waals surface area contributed by atoms with Crippen LogP contribution < -0.4 is 0 Å². The Morgan fingerprint density at radius 1 is 0.574 bits per heavy atom. The highest BCUT2D eigenvalue weighted by atomic mass is 16.9. The van der Waals surface area contributed by atoms with Crippen LogP contribution in [0.15, 0.2) is 60.7 Å². The highest BCUT2D eigenvalue weighted by Gasteiger charge is 2.56. The number of ether oxygens (including phenoxy) is 2. The fourth-order valence-corrected chi connectivity index (χ4v) is 8.33. The van der Waals surface area contributed by atoms with Gasteiger partial charge in [0.05, 0.1) is 11.1 Å². The van der Waals surface area contributed by atoms with E-state index in [1.54, 1.807) is 24.3 Å². The number of piperidine rings is 2. The molecule has 0 amide bonds. The lowest BCUT2D eigenvalue weighted by atomic mass is 9.79. The van der Waals surface area contributed by atoms with E-state index in [-0.39, 0.29) is 24.1 Å². The van der Waals surface area contributed by atoms with Gasteiger partial charge in [-0.3, -0.25) is 9.68 Å². The Balaban J connectivity index is 1.34.